The van der Waals surface area contributed by atoms with Gasteiger partial charge in [-0.1, -0.05) is 17.7 Å². The van der Waals surface area contributed by atoms with Crippen LogP contribution in [0.3, 0.4) is 0 Å². The zero-order valence-corrected chi connectivity index (χ0v) is 10.9. The number of anilines is 3. The summed E-state index contributed by atoms with van der Waals surface area (Å²) < 4.78 is 5.02. The molecule has 6 nitrogen and oxygen atoms in total. The van der Waals surface area contributed by atoms with E-state index in [9.17, 15) is 0 Å². The second-order valence-electron chi connectivity index (χ2n) is 4.34. The second kappa shape index (κ2) is 5.00. The third kappa shape index (κ3) is 2.59. The van der Waals surface area contributed by atoms with Gasteiger partial charge in [-0.15, -0.1) is 0 Å². The molecule has 3 rings (SSSR count). The lowest BCUT2D eigenvalue weighted by molar-refractivity contribution is 0.568. The molecule has 0 radical (unpaired) electrons. The van der Waals surface area contributed by atoms with Crippen LogP contribution in [0.25, 0.3) is 11.4 Å². The fraction of sp³-hybridized carbons (Fsp3) is 0.0714. The molecule has 0 aliphatic carbocycles. The van der Waals surface area contributed by atoms with Crippen molar-refractivity contribution >= 4 is 17.6 Å². The number of nitrogens with two attached hydrogens (primary N) is 1. The van der Waals surface area contributed by atoms with Crippen LogP contribution in [0, 0.1) is 6.92 Å². The van der Waals surface area contributed by atoms with Gasteiger partial charge in [-0.25, -0.2) is 0 Å². The van der Waals surface area contributed by atoms with E-state index >= 15 is 0 Å². The molecule has 0 saturated carbocycles. The van der Waals surface area contributed by atoms with Crippen LogP contribution in [0.15, 0.2) is 47.3 Å². The Kier molecular flexibility index (Phi) is 3.04. The summed E-state index contributed by atoms with van der Waals surface area (Å²) in [6.07, 6.45) is 3.12. The van der Waals surface area contributed by atoms with E-state index in [1.54, 1.807) is 18.6 Å². The van der Waals surface area contributed by atoms with E-state index in [2.05, 4.69) is 20.3 Å². The molecule has 0 spiro atoms. The number of furan rings is 1. The summed E-state index contributed by atoms with van der Waals surface area (Å²) in [5, 5.41) is 3.10. The predicted molar refractivity (Wildman–Crippen MR) is 76.4 cm³/mol. The van der Waals surface area contributed by atoms with Crippen molar-refractivity contribution in [2.24, 2.45) is 0 Å². The van der Waals surface area contributed by atoms with Gasteiger partial charge in [-0.3, -0.25) is 0 Å². The average molecular weight is 267 g/mol. The first-order valence-corrected chi connectivity index (χ1v) is 6.08. The lowest BCUT2D eigenvalue weighted by atomic mass is 10.2. The number of aromatic nitrogens is 3. The van der Waals surface area contributed by atoms with Crippen LogP contribution in [0.5, 0.6) is 0 Å². The highest BCUT2D eigenvalue weighted by atomic mass is 16.3. The average Bonchev–Trinajstić information content (AvgIpc) is 2.95. The van der Waals surface area contributed by atoms with Gasteiger partial charge >= 0.3 is 0 Å². The third-order valence-corrected chi connectivity index (χ3v) is 2.74. The van der Waals surface area contributed by atoms with E-state index in [0.717, 1.165) is 11.3 Å². The van der Waals surface area contributed by atoms with Gasteiger partial charge in [0.15, 0.2) is 5.82 Å². The smallest absolute Gasteiger partial charge is 0.232 e. The van der Waals surface area contributed by atoms with Gasteiger partial charge in [0, 0.05) is 5.69 Å². The first-order chi connectivity index (χ1) is 9.70. The summed E-state index contributed by atoms with van der Waals surface area (Å²) >= 11 is 0. The van der Waals surface area contributed by atoms with Crippen molar-refractivity contribution in [1.82, 2.24) is 15.0 Å². The maximum Gasteiger partial charge on any atom is 0.232 e. The quantitative estimate of drug-likeness (QED) is 0.758. The van der Waals surface area contributed by atoms with E-state index in [1.165, 1.54) is 5.56 Å². The maximum absolute atomic E-state index is 5.71. The number of nitrogen functional groups attached to an aromatic ring is 1. The number of hydrogen-bond donors (Lipinski definition) is 2. The molecule has 20 heavy (non-hydrogen) atoms. The summed E-state index contributed by atoms with van der Waals surface area (Å²) in [6, 6.07) is 9.68. The number of rotatable bonds is 3. The zero-order chi connectivity index (χ0) is 13.9. The standard InChI is InChI=1S/C14H13N5O/c1-9-2-4-11(5-3-9)16-14-18-12(17-13(15)19-14)10-6-7-20-8-10/h2-8H,1H3,(H3,15,16,17,18,19). The minimum absolute atomic E-state index is 0.158. The Morgan fingerprint density at radius 1 is 1.05 bits per heavy atom. The second-order valence-corrected chi connectivity index (χ2v) is 4.34. The Bertz CT molecular complexity index is 707. The Labute approximate surface area is 115 Å². The van der Waals surface area contributed by atoms with Gasteiger partial charge < -0.3 is 15.5 Å². The molecule has 0 fully saturated rings. The van der Waals surface area contributed by atoms with Crippen molar-refractivity contribution in [3.05, 3.63) is 48.4 Å². The molecule has 0 saturated heterocycles. The van der Waals surface area contributed by atoms with Gasteiger partial charge in [0.1, 0.15) is 6.26 Å². The third-order valence-electron chi connectivity index (χ3n) is 2.74. The first-order valence-electron chi connectivity index (χ1n) is 6.08. The van der Waals surface area contributed by atoms with E-state index in [0.29, 0.717) is 11.8 Å². The molecule has 3 aromatic rings. The molecular weight excluding hydrogens is 254 g/mol. The van der Waals surface area contributed by atoms with Crippen molar-refractivity contribution < 1.29 is 4.42 Å². The van der Waals surface area contributed by atoms with Crippen LogP contribution in [0.1, 0.15) is 5.56 Å². The monoisotopic (exact) mass is 267 g/mol. The number of hydrogen-bond acceptors (Lipinski definition) is 6. The van der Waals surface area contributed by atoms with Crippen molar-refractivity contribution in [1.29, 1.82) is 0 Å². The molecule has 100 valence electrons. The van der Waals surface area contributed by atoms with Crippen LogP contribution in [0.2, 0.25) is 0 Å². The van der Waals surface area contributed by atoms with Gasteiger partial charge in [0.2, 0.25) is 11.9 Å². The van der Waals surface area contributed by atoms with Crippen LogP contribution >= 0.6 is 0 Å². The molecule has 0 atom stereocenters. The molecule has 0 aliphatic rings. The molecule has 2 heterocycles. The van der Waals surface area contributed by atoms with E-state index in [-0.39, 0.29) is 5.95 Å². The summed E-state index contributed by atoms with van der Waals surface area (Å²) in [7, 11) is 0. The first kappa shape index (κ1) is 12.2. The summed E-state index contributed by atoms with van der Waals surface area (Å²) in [6.45, 7) is 2.03. The molecule has 2 aromatic heterocycles. The number of benzene rings is 1. The predicted octanol–water partition coefficient (Wildman–Crippen LogP) is 2.77. The van der Waals surface area contributed by atoms with Crippen LogP contribution in [-0.4, -0.2) is 15.0 Å². The molecule has 0 unspecified atom stereocenters. The van der Waals surface area contributed by atoms with Gasteiger partial charge in [0.05, 0.1) is 11.8 Å². The largest absolute Gasteiger partial charge is 0.472 e. The van der Waals surface area contributed by atoms with E-state index in [1.807, 2.05) is 31.2 Å². The van der Waals surface area contributed by atoms with E-state index < -0.39 is 0 Å². The normalized spacial score (nSPS) is 10.4. The minimum atomic E-state index is 0.158. The van der Waals surface area contributed by atoms with Gasteiger partial charge in [-0.05, 0) is 25.1 Å². The lowest BCUT2D eigenvalue weighted by Crippen LogP contribution is -2.04. The van der Waals surface area contributed by atoms with Gasteiger partial charge in [-0.2, -0.15) is 15.0 Å². The molecule has 6 heteroatoms. The Morgan fingerprint density at radius 2 is 1.85 bits per heavy atom. The number of nitrogens with zero attached hydrogens (tertiary/aromatic N) is 3. The SMILES string of the molecule is Cc1ccc(Nc2nc(N)nc(-c3ccoc3)n2)cc1. The fourth-order valence-corrected chi connectivity index (χ4v) is 1.74. The fourth-order valence-electron chi connectivity index (χ4n) is 1.74. The summed E-state index contributed by atoms with van der Waals surface area (Å²) in [5.41, 5.74) is 8.54. The molecular formula is C14H13N5O. The highest BCUT2D eigenvalue weighted by Crippen LogP contribution is 2.19. The van der Waals surface area contributed by atoms with Crippen LogP contribution in [-0.2, 0) is 0 Å². The summed E-state index contributed by atoms with van der Waals surface area (Å²) in [4.78, 5) is 12.5. The van der Waals surface area contributed by atoms with Crippen molar-refractivity contribution in [2.45, 2.75) is 6.92 Å². The molecule has 0 amide bonds. The van der Waals surface area contributed by atoms with Crippen molar-refractivity contribution in [2.75, 3.05) is 11.1 Å². The Morgan fingerprint density at radius 3 is 2.55 bits per heavy atom. The van der Waals surface area contributed by atoms with Crippen molar-refractivity contribution in [3.8, 4) is 11.4 Å². The summed E-state index contributed by atoms with van der Waals surface area (Å²) in [5.74, 6) is 1.03. The molecule has 3 N–H and O–H groups in total. The highest BCUT2D eigenvalue weighted by molar-refractivity contribution is 5.59. The molecule has 0 bridgehead atoms. The molecule has 0 aliphatic heterocycles. The van der Waals surface area contributed by atoms with E-state index in [4.69, 9.17) is 10.2 Å². The number of aryl methyl sites for hydroxylation is 1. The Hall–Kier alpha value is -2.89. The zero-order valence-electron chi connectivity index (χ0n) is 10.9. The lowest BCUT2D eigenvalue weighted by Gasteiger charge is -2.06. The topological polar surface area (TPSA) is 89.9 Å². The van der Waals surface area contributed by atoms with Crippen LogP contribution in [0.4, 0.5) is 17.6 Å². The van der Waals surface area contributed by atoms with Crippen LogP contribution < -0.4 is 11.1 Å². The number of nitrogens with one attached hydrogen (secondary N) is 1. The molecule has 1 aromatic carbocycles. The van der Waals surface area contributed by atoms with Crippen molar-refractivity contribution in [3.63, 3.8) is 0 Å². The Balaban J connectivity index is 1.92. The minimum Gasteiger partial charge on any atom is -0.472 e. The highest BCUT2D eigenvalue weighted by Gasteiger charge is 2.08. The van der Waals surface area contributed by atoms with Gasteiger partial charge in [0.25, 0.3) is 0 Å². The maximum atomic E-state index is 5.71.